The number of ether oxygens (including phenoxy) is 1. The molecule has 1 aliphatic rings. The van der Waals surface area contributed by atoms with Crippen molar-refractivity contribution in [3.63, 3.8) is 0 Å². The van der Waals surface area contributed by atoms with E-state index in [-0.39, 0.29) is 11.9 Å². The van der Waals surface area contributed by atoms with Crippen LogP contribution in [0.3, 0.4) is 0 Å². The van der Waals surface area contributed by atoms with Crippen molar-refractivity contribution in [1.29, 1.82) is 0 Å². The highest BCUT2D eigenvalue weighted by Gasteiger charge is 2.21. The summed E-state index contributed by atoms with van der Waals surface area (Å²) >= 11 is 0. The van der Waals surface area contributed by atoms with Gasteiger partial charge in [0.1, 0.15) is 0 Å². The Kier molecular flexibility index (Phi) is 3.65. The number of aryl methyl sites for hydroxylation is 1. The van der Waals surface area contributed by atoms with Gasteiger partial charge >= 0.3 is 0 Å². The SMILES string of the molecule is Cc1ccc(OC2CCC(C)CC2)c(F)c1F. The quantitative estimate of drug-likeness (QED) is 0.751. The Morgan fingerprint density at radius 2 is 1.71 bits per heavy atom. The van der Waals surface area contributed by atoms with Crippen LogP contribution in [0.1, 0.15) is 38.2 Å². The number of hydrogen-bond donors (Lipinski definition) is 0. The summed E-state index contributed by atoms with van der Waals surface area (Å²) in [7, 11) is 0. The zero-order chi connectivity index (χ0) is 12.4. The maximum Gasteiger partial charge on any atom is 0.200 e. The van der Waals surface area contributed by atoms with Crippen molar-refractivity contribution in [3.05, 3.63) is 29.3 Å². The first-order valence-corrected chi connectivity index (χ1v) is 6.19. The first-order valence-electron chi connectivity index (χ1n) is 6.19. The Hall–Kier alpha value is -1.12. The van der Waals surface area contributed by atoms with E-state index in [4.69, 9.17) is 4.74 Å². The van der Waals surface area contributed by atoms with Crippen molar-refractivity contribution in [1.82, 2.24) is 0 Å². The van der Waals surface area contributed by atoms with Crippen LogP contribution in [0.25, 0.3) is 0 Å². The van der Waals surface area contributed by atoms with Crippen molar-refractivity contribution in [2.75, 3.05) is 0 Å². The molecule has 1 saturated carbocycles. The summed E-state index contributed by atoms with van der Waals surface area (Å²) < 4.78 is 32.5. The Morgan fingerprint density at radius 1 is 1.06 bits per heavy atom. The molecular formula is C14H18F2O. The van der Waals surface area contributed by atoms with E-state index in [2.05, 4.69) is 6.92 Å². The van der Waals surface area contributed by atoms with Gasteiger partial charge < -0.3 is 4.74 Å². The second kappa shape index (κ2) is 5.03. The number of halogens is 2. The van der Waals surface area contributed by atoms with E-state index in [9.17, 15) is 8.78 Å². The third-order valence-corrected chi connectivity index (χ3v) is 3.50. The smallest absolute Gasteiger partial charge is 0.200 e. The van der Waals surface area contributed by atoms with Crippen molar-refractivity contribution < 1.29 is 13.5 Å². The Balaban J connectivity index is 2.06. The molecule has 3 heteroatoms. The third kappa shape index (κ3) is 2.76. The minimum atomic E-state index is -0.858. The molecule has 0 amide bonds. The van der Waals surface area contributed by atoms with E-state index >= 15 is 0 Å². The molecule has 0 bridgehead atoms. The molecule has 0 atom stereocenters. The number of benzene rings is 1. The summed E-state index contributed by atoms with van der Waals surface area (Å²) in [5.74, 6) is -0.891. The van der Waals surface area contributed by atoms with Crippen LogP contribution in [0.4, 0.5) is 8.78 Å². The molecule has 1 fully saturated rings. The molecule has 0 aliphatic heterocycles. The first-order chi connectivity index (χ1) is 8.08. The van der Waals surface area contributed by atoms with Gasteiger partial charge in [-0.25, -0.2) is 4.39 Å². The first kappa shape index (κ1) is 12.3. The van der Waals surface area contributed by atoms with Gasteiger partial charge in [-0.2, -0.15) is 4.39 Å². The molecular weight excluding hydrogens is 222 g/mol. The summed E-state index contributed by atoms with van der Waals surface area (Å²) in [6.07, 6.45) is 4.08. The standard InChI is InChI=1S/C14H18F2O/c1-9-3-6-11(7-4-9)17-12-8-5-10(2)13(15)14(12)16/h5,8-9,11H,3-4,6-7H2,1-2H3. The summed E-state index contributed by atoms with van der Waals surface area (Å²) in [6.45, 7) is 3.76. The molecule has 0 N–H and O–H groups in total. The lowest BCUT2D eigenvalue weighted by Gasteiger charge is -2.27. The van der Waals surface area contributed by atoms with Crippen molar-refractivity contribution in [2.45, 2.75) is 45.6 Å². The van der Waals surface area contributed by atoms with Crippen molar-refractivity contribution in [2.24, 2.45) is 5.92 Å². The van der Waals surface area contributed by atoms with Crippen LogP contribution in [-0.2, 0) is 0 Å². The molecule has 1 nitrogen and oxygen atoms in total. The van der Waals surface area contributed by atoms with Crippen LogP contribution < -0.4 is 4.74 Å². The molecule has 1 aliphatic carbocycles. The van der Waals surface area contributed by atoms with Crippen LogP contribution in [-0.4, -0.2) is 6.10 Å². The Bertz CT molecular complexity index is 395. The summed E-state index contributed by atoms with van der Waals surface area (Å²) in [4.78, 5) is 0. The van der Waals surface area contributed by atoms with Gasteiger partial charge in [-0.1, -0.05) is 13.0 Å². The van der Waals surface area contributed by atoms with E-state index in [0.29, 0.717) is 5.56 Å². The molecule has 0 spiro atoms. The molecule has 1 aromatic carbocycles. The largest absolute Gasteiger partial charge is 0.487 e. The minimum absolute atomic E-state index is 0.0304. The fraction of sp³-hybridized carbons (Fsp3) is 0.571. The zero-order valence-electron chi connectivity index (χ0n) is 10.3. The fourth-order valence-electron chi connectivity index (χ4n) is 2.25. The topological polar surface area (TPSA) is 9.23 Å². The Morgan fingerprint density at radius 3 is 2.35 bits per heavy atom. The lowest BCUT2D eigenvalue weighted by atomic mass is 9.89. The van der Waals surface area contributed by atoms with E-state index in [1.807, 2.05) is 0 Å². The number of rotatable bonds is 2. The highest BCUT2D eigenvalue weighted by molar-refractivity contribution is 5.30. The monoisotopic (exact) mass is 240 g/mol. The highest BCUT2D eigenvalue weighted by Crippen LogP contribution is 2.29. The van der Waals surface area contributed by atoms with E-state index in [1.165, 1.54) is 6.07 Å². The van der Waals surface area contributed by atoms with Gasteiger partial charge in [-0.15, -0.1) is 0 Å². The lowest BCUT2D eigenvalue weighted by molar-refractivity contribution is 0.129. The van der Waals surface area contributed by atoms with Gasteiger partial charge in [0.25, 0.3) is 0 Å². The van der Waals surface area contributed by atoms with Crippen molar-refractivity contribution >= 4 is 0 Å². The van der Waals surface area contributed by atoms with Gasteiger partial charge in [0, 0.05) is 0 Å². The number of hydrogen-bond acceptors (Lipinski definition) is 1. The van der Waals surface area contributed by atoms with Gasteiger partial charge in [0.15, 0.2) is 11.6 Å². The molecule has 0 saturated heterocycles. The summed E-state index contributed by atoms with van der Waals surface area (Å²) in [5.41, 5.74) is 0.312. The highest BCUT2D eigenvalue weighted by atomic mass is 19.2. The van der Waals surface area contributed by atoms with Gasteiger partial charge in [0.2, 0.25) is 5.82 Å². The van der Waals surface area contributed by atoms with Gasteiger partial charge in [0.05, 0.1) is 6.10 Å². The second-order valence-electron chi connectivity index (χ2n) is 5.01. The molecule has 94 valence electrons. The predicted molar refractivity (Wildman–Crippen MR) is 63.1 cm³/mol. The molecule has 2 rings (SSSR count). The van der Waals surface area contributed by atoms with Gasteiger partial charge in [-0.05, 0) is 50.2 Å². The van der Waals surface area contributed by atoms with Crippen LogP contribution in [0.2, 0.25) is 0 Å². The maximum atomic E-state index is 13.6. The normalized spacial score (nSPS) is 24.7. The molecule has 1 aromatic rings. The van der Waals surface area contributed by atoms with E-state index < -0.39 is 11.6 Å². The van der Waals surface area contributed by atoms with Crippen LogP contribution >= 0.6 is 0 Å². The molecule has 17 heavy (non-hydrogen) atoms. The zero-order valence-corrected chi connectivity index (χ0v) is 10.3. The Labute approximate surface area is 101 Å². The molecule has 0 radical (unpaired) electrons. The molecule has 0 aromatic heterocycles. The second-order valence-corrected chi connectivity index (χ2v) is 5.01. The van der Waals surface area contributed by atoms with Crippen molar-refractivity contribution in [3.8, 4) is 5.75 Å². The van der Waals surface area contributed by atoms with E-state index in [1.54, 1.807) is 13.0 Å². The molecule has 0 heterocycles. The average molecular weight is 240 g/mol. The minimum Gasteiger partial charge on any atom is -0.487 e. The predicted octanol–water partition coefficient (Wildman–Crippen LogP) is 4.23. The van der Waals surface area contributed by atoms with Crippen LogP contribution in [0.5, 0.6) is 5.75 Å². The average Bonchev–Trinajstić information content (AvgIpc) is 2.33. The summed E-state index contributed by atoms with van der Waals surface area (Å²) in [6, 6.07) is 3.07. The summed E-state index contributed by atoms with van der Waals surface area (Å²) in [5, 5.41) is 0. The third-order valence-electron chi connectivity index (χ3n) is 3.50. The lowest BCUT2D eigenvalue weighted by Crippen LogP contribution is -2.23. The molecule has 0 unspecified atom stereocenters. The van der Waals surface area contributed by atoms with Crippen LogP contribution in [0, 0.1) is 24.5 Å². The fourth-order valence-corrected chi connectivity index (χ4v) is 2.25. The van der Waals surface area contributed by atoms with Crippen LogP contribution in [0.15, 0.2) is 12.1 Å². The van der Waals surface area contributed by atoms with E-state index in [0.717, 1.165) is 31.6 Å². The maximum absolute atomic E-state index is 13.6. The van der Waals surface area contributed by atoms with Gasteiger partial charge in [-0.3, -0.25) is 0 Å².